The molecule has 0 unspecified atom stereocenters. The van der Waals surface area contributed by atoms with Crippen molar-refractivity contribution in [2.24, 2.45) is 0 Å². The van der Waals surface area contributed by atoms with Gasteiger partial charge in [0.05, 0.1) is 0 Å². The molecular weight excluding hydrogens is 242 g/mol. The first-order chi connectivity index (χ1) is 9.74. The highest BCUT2D eigenvalue weighted by molar-refractivity contribution is 6.00. The Morgan fingerprint density at radius 2 is 1.60 bits per heavy atom. The highest BCUT2D eigenvalue weighted by atomic mass is 15.0. The number of rotatable bonds is 3. The number of benzene rings is 2. The Labute approximate surface area is 120 Å². The predicted octanol–water partition coefficient (Wildman–Crippen LogP) is 5.53. The molecule has 1 heteroatoms. The average molecular weight is 261 g/mol. The van der Waals surface area contributed by atoms with Crippen molar-refractivity contribution < 1.29 is 0 Å². The van der Waals surface area contributed by atoms with Gasteiger partial charge in [-0.2, -0.15) is 0 Å². The van der Waals surface area contributed by atoms with Crippen molar-refractivity contribution in [2.45, 2.75) is 19.9 Å². The van der Waals surface area contributed by atoms with Gasteiger partial charge in [-0.25, -0.2) is 0 Å². The number of hydrogen-bond acceptors (Lipinski definition) is 0. The molecule has 1 aromatic heterocycles. The van der Waals surface area contributed by atoms with Crippen LogP contribution in [0.15, 0.2) is 61.2 Å². The molecule has 0 spiro atoms. The van der Waals surface area contributed by atoms with Gasteiger partial charge < -0.3 is 4.57 Å². The van der Waals surface area contributed by atoms with Crippen LogP contribution in [0, 0.1) is 0 Å². The minimum absolute atomic E-state index is 0.408. The van der Waals surface area contributed by atoms with E-state index < -0.39 is 0 Å². The molecule has 0 aliphatic carbocycles. The lowest BCUT2D eigenvalue weighted by Crippen LogP contribution is -2.02. The molecule has 0 amide bonds. The molecular formula is C19H19N. The first-order valence-electron chi connectivity index (χ1n) is 7.05. The van der Waals surface area contributed by atoms with Crippen LogP contribution in [0.3, 0.4) is 0 Å². The molecule has 2 aromatic carbocycles. The van der Waals surface area contributed by atoms with E-state index in [1.165, 1.54) is 27.7 Å². The highest BCUT2D eigenvalue weighted by Crippen LogP contribution is 2.37. The zero-order valence-corrected chi connectivity index (χ0v) is 12.0. The van der Waals surface area contributed by atoms with Gasteiger partial charge >= 0.3 is 0 Å². The van der Waals surface area contributed by atoms with Crippen molar-refractivity contribution in [1.82, 2.24) is 4.57 Å². The smallest absolute Gasteiger partial charge is 0.0494 e. The Hall–Kier alpha value is -2.28. The molecule has 0 bridgehead atoms. The van der Waals surface area contributed by atoms with Crippen molar-refractivity contribution >= 4 is 17.0 Å². The molecule has 0 saturated carbocycles. The topological polar surface area (TPSA) is 4.93 Å². The SMILES string of the molecule is C=Cc1c(-c2ccccc2)c2ccccc2n1C(C)C. The lowest BCUT2D eigenvalue weighted by Gasteiger charge is -2.13. The fourth-order valence-corrected chi connectivity index (χ4v) is 2.95. The summed E-state index contributed by atoms with van der Waals surface area (Å²) in [5, 5.41) is 1.29. The molecule has 3 rings (SSSR count). The Morgan fingerprint density at radius 3 is 2.25 bits per heavy atom. The summed E-state index contributed by atoms with van der Waals surface area (Å²) in [6, 6.07) is 19.6. The normalized spacial score (nSPS) is 11.2. The van der Waals surface area contributed by atoms with Gasteiger partial charge in [0.25, 0.3) is 0 Å². The fraction of sp³-hybridized carbons (Fsp3) is 0.158. The summed E-state index contributed by atoms with van der Waals surface area (Å²) >= 11 is 0. The number of hydrogen-bond donors (Lipinski definition) is 0. The summed E-state index contributed by atoms with van der Waals surface area (Å²) in [6.45, 7) is 8.47. The number of para-hydroxylation sites is 1. The average Bonchev–Trinajstić information content (AvgIpc) is 2.82. The van der Waals surface area contributed by atoms with Gasteiger partial charge in [-0.1, -0.05) is 55.1 Å². The third-order valence-electron chi connectivity index (χ3n) is 3.72. The first kappa shape index (κ1) is 12.7. The second kappa shape index (κ2) is 5.01. The summed E-state index contributed by atoms with van der Waals surface area (Å²) in [7, 11) is 0. The minimum Gasteiger partial charge on any atom is -0.338 e. The Bertz CT molecular complexity index is 748. The number of nitrogens with zero attached hydrogens (tertiary/aromatic N) is 1. The highest BCUT2D eigenvalue weighted by Gasteiger charge is 2.17. The quantitative estimate of drug-likeness (QED) is 0.584. The van der Waals surface area contributed by atoms with E-state index in [1.807, 2.05) is 6.08 Å². The molecule has 0 N–H and O–H groups in total. The molecule has 0 radical (unpaired) electrons. The lowest BCUT2D eigenvalue weighted by atomic mass is 10.0. The lowest BCUT2D eigenvalue weighted by molar-refractivity contribution is 0.619. The van der Waals surface area contributed by atoms with E-state index in [0.717, 1.165) is 0 Å². The molecule has 0 aliphatic heterocycles. The van der Waals surface area contributed by atoms with E-state index in [-0.39, 0.29) is 0 Å². The van der Waals surface area contributed by atoms with Gasteiger partial charge in [-0.3, -0.25) is 0 Å². The van der Waals surface area contributed by atoms with E-state index in [9.17, 15) is 0 Å². The van der Waals surface area contributed by atoms with Crippen LogP contribution in [0.1, 0.15) is 25.6 Å². The summed E-state index contributed by atoms with van der Waals surface area (Å²) < 4.78 is 2.37. The van der Waals surface area contributed by atoms with Gasteiger partial charge in [-0.15, -0.1) is 0 Å². The summed E-state index contributed by atoms with van der Waals surface area (Å²) in [5.74, 6) is 0. The molecule has 0 saturated heterocycles. The third kappa shape index (κ3) is 1.87. The van der Waals surface area contributed by atoms with Crippen LogP contribution in [0.5, 0.6) is 0 Å². The van der Waals surface area contributed by atoms with Crippen LogP contribution in [0.4, 0.5) is 0 Å². The van der Waals surface area contributed by atoms with Crippen molar-refractivity contribution in [3.63, 3.8) is 0 Å². The Balaban J connectivity index is 2.45. The van der Waals surface area contributed by atoms with Crippen LogP contribution in [-0.2, 0) is 0 Å². The van der Waals surface area contributed by atoms with Crippen molar-refractivity contribution in [1.29, 1.82) is 0 Å². The maximum atomic E-state index is 4.03. The third-order valence-corrected chi connectivity index (χ3v) is 3.72. The molecule has 3 aromatic rings. The summed E-state index contributed by atoms with van der Waals surface area (Å²) in [6.07, 6.45) is 1.97. The van der Waals surface area contributed by atoms with E-state index in [1.54, 1.807) is 0 Å². The van der Waals surface area contributed by atoms with Crippen molar-refractivity contribution in [3.8, 4) is 11.1 Å². The fourth-order valence-electron chi connectivity index (χ4n) is 2.95. The van der Waals surface area contributed by atoms with Crippen LogP contribution in [0.2, 0.25) is 0 Å². The van der Waals surface area contributed by atoms with Crippen molar-refractivity contribution in [2.75, 3.05) is 0 Å². The van der Waals surface area contributed by atoms with Gasteiger partial charge in [0.1, 0.15) is 0 Å². The van der Waals surface area contributed by atoms with E-state index in [0.29, 0.717) is 6.04 Å². The molecule has 100 valence electrons. The van der Waals surface area contributed by atoms with Gasteiger partial charge in [0.2, 0.25) is 0 Å². The monoisotopic (exact) mass is 261 g/mol. The second-order valence-corrected chi connectivity index (χ2v) is 5.31. The number of aromatic nitrogens is 1. The summed E-state index contributed by atoms with van der Waals surface area (Å²) in [4.78, 5) is 0. The molecule has 0 fully saturated rings. The van der Waals surface area contributed by atoms with Crippen LogP contribution in [-0.4, -0.2) is 4.57 Å². The van der Waals surface area contributed by atoms with Crippen LogP contribution < -0.4 is 0 Å². The maximum absolute atomic E-state index is 4.03. The minimum atomic E-state index is 0.408. The van der Waals surface area contributed by atoms with Crippen LogP contribution >= 0.6 is 0 Å². The molecule has 1 heterocycles. The maximum Gasteiger partial charge on any atom is 0.0494 e. The van der Waals surface area contributed by atoms with Gasteiger partial charge in [0.15, 0.2) is 0 Å². The van der Waals surface area contributed by atoms with E-state index in [4.69, 9.17) is 0 Å². The predicted molar refractivity (Wildman–Crippen MR) is 87.9 cm³/mol. The van der Waals surface area contributed by atoms with Gasteiger partial charge in [0, 0.05) is 28.2 Å². The zero-order valence-electron chi connectivity index (χ0n) is 12.0. The van der Waals surface area contributed by atoms with E-state index >= 15 is 0 Å². The Kier molecular flexibility index (Phi) is 3.19. The number of fused-ring (bicyclic) bond motifs is 1. The Morgan fingerprint density at radius 1 is 0.950 bits per heavy atom. The zero-order chi connectivity index (χ0) is 14.1. The molecule has 0 aliphatic rings. The van der Waals surface area contributed by atoms with E-state index in [2.05, 4.69) is 79.6 Å². The molecule has 1 nitrogen and oxygen atoms in total. The molecule has 20 heavy (non-hydrogen) atoms. The second-order valence-electron chi connectivity index (χ2n) is 5.31. The molecule has 0 atom stereocenters. The largest absolute Gasteiger partial charge is 0.338 e. The standard InChI is InChI=1S/C19H19N/c1-4-17-19(15-10-6-5-7-11-15)16-12-8-9-13-18(16)20(17)14(2)3/h4-14H,1H2,2-3H3. The first-order valence-corrected chi connectivity index (χ1v) is 7.05. The summed E-state index contributed by atoms with van der Waals surface area (Å²) in [5.41, 5.74) is 5.01. The van der Waals surface area contributed by atoms with Crippen molar-refractivity contribution in [3.05, 3.63) is 66.9 Å². The van der Waals surface area contributed by atoms with Gasteiger partial charge in [-0.05, 0) is 31.6 Å². The van der Waals surface area contributed by atoms with Crippen LogP contribution in [0.25, 0.3) is 28.1 Å².